The molecule has 1 saturated carbocycles. The highest BCUT2D eigenvalue weighted by molar-refractivity contribution is 6.32. The Hall–Kier alpha value is -0.730. The van der Waals surface area contributed by atoms with Crippen molar-refractivity contribution in [3.05, 3.63) is 28.8 Å². The summed E-state index contributed by atoms with van der Waals surface area (Å²) in [6.45, 7) is 3.06. The zero-order valence-corrected chi connectivity index (χ0v) is 11.4. The van der Waals surface area contributed by atoms with E-state index in [1.54, 1.807) is 0 Å². The van der Waals surface area contributed by atoms with E-state index in [2.05, 4.69) is 17.4 Å². The van der Waals surface area contributed by atoms with Crippen LogP contribution in [0.25, 0.3) is 0 Å². The van der Waals surface area contributed by atoms with Crippen molar-refractivity contribution >= 4 is 11.6 Å². The summed E-state index contributed by atoms with van der Waals surface area (Å²) in [6, 6.07) is 6.30. The van der Waals surface area contributed by atoms with Crippen LogP contribution in [0.3, 0.4) is 0 Å². The van der Waals surface area contributed by atoms with Crippen LogP contribution < -0.4 is 10.1 Å². The van der Waals surface area contributed by atoms with Gasteiger partial charge < -0.3 is 10.1 Å². The quantitative estimate of drug-likeness (QED) is 0.898. The fourth-order valence-electron chi connectivity index (χ4n) is 2.53. The minimum atomic E-state index is 0.659. The Bertz CT molecular complexity index is 411. The molecule has 18 heavy (non-hydrogen) atoms. The molecule has 3 rings (SSSR count). The number of benzene rings is 1. The van der Waals surface area contributed by atoms with Crippen molar-refractivity contribution in [2.75, 3.05) is 19.7 Å². The molecule has 0 bridgehead atoms. The number of piperidine rings is 1. The van der Waals surface area contributed by atoms with Crippen LogP contribution in [0.5, 0.6) is 5.75 Å². The zero-order valence-electron chi connectivity index (χ0n) is 10.6. The number of hydrogen-bond donors (Lipinski definition) is 1. The van der Waals surface area contributed by atoms with Crippen LogP contribution in [0.1, 0.15) is 37.2 Å². The minimum absolute atomic E-state index is 0.659. The molecule has 1 aromatic rings. The normalized spacial score (nSPS) is 20.9. The van der Waals surface area contributed by atoms with Crippen molar-refractivity contribution in [2.24, 2.45) is 5.92 Å². The molecular weight excluding hydrogens is 246 g/mol. The first kappa shape index (κ1) is 12.3. The Labute approximate surface area is 114 Å². The second-order valence-corrected chi connectivity index (χ2v) is 5.88. The van der Waals surface area contributed by atoms with E-state index >= 15 is 0 Å². The van der Waals surface area contributed by atoms with Crippen molar-refractivity contribution in [1.82, 2.24) is 5.32 Å². The Morgan fingerprint density at radius 3 is 2.67 bits per heavy atom. The summed E-state index contributed by atoms with van der Waals surface area (Å²) in [5, 5.41) is 4.15. The molecule has 1 N–H and O–H groups in total. The average Bonchev–Trinajstić information content (AvgIpc) is 3.23. The fourth-order valence-corrected chi connectivity index (χ4v) is 2.70. The summed E-state index contributed by atoms with van der Waals surface area (Å²) in [5.74, 6) is 2.30. The lowest BCUT2D eigenvalue weighted by Gasteiger charge is -2.23. The van der Waals surface area contributed by atoms with E-state index in [1.165, 1.54) is 31.2 Å². The predicted molar refractivity (Wildman–Crippen MR) is 74.5 cm³/mol. The van der Waals surface area contributed by atoms with Gasteiger partial charge in [0, 0.05) is 0 Å². The molecule has 3 heteroatoms. The predicted octanol–water partition coefficient (Wildman–Crippen LogP) is 3.60. The molecule has 1 aromatic carbocycles. The Balaban J connectivity index is 1.71. The number of ether oxygens (including phenoxy) is 1. The summed E-state index contributed by atoms with van der Waals surface area (Å²) in [6.07, 6.45) is 5.05. The van der Waals surface area contributed by atoms with Gasteiger partial charge in [0.1, 0.15) is 5.75 Å². The van der Waals surface area contributed by atoms with E-state index in [4.69, 9.17) is 16.3 Å². The summed E-state index contributed by atoms with van der Waals surface area (Å²) < 4.78 is 5.84. The Morgan fingerprint density at radius 1 is 1.17 bits per heavy atom. The van der Waals surface area contributed by atoms with Gasteiger partial charge in [-0.1, -0.05) is 17.7 Å². The lowest BCUT2D eigenvalue weighted by Crippen LogP contribution is -2.26. The van der Waals surface area contributed by atoms with Crippen LogP contribution in [0, 0.1) is 5.92 Å². The van der Waals surface area contributed by atoms with Gasteiger partial charge in [0.25, 0.3) is 0 Å². The third-order valence-electron chi connectivity index (χ3n) is 3.94. The fraction of sp³-hybridized carbons (Fsp3) is 0.600. The first-order chi connectivity index (χ1) is 8.83. The maximum atomic E-state index is 6.20. The smallest absolute Gasteiger partial charge is 0.138 e. The molecule has 0 spiro atoms. The second-order valence-electron chi connectivity index (χ2n) is 5.47. The molecular formula is C15H20ClNO. The van der Waals surface area contributed by atoms with Crippen molar-refractivity contribution in [2.45, 2.75) is 31.6 Å². The molecule has 2 aliphatic rings. The van der Waals surface area contributed by atoms with E-state index in [0.717, 1.165) is 36.4 Å². The molecule has 0 aromatic heterocycles. The van der Waals surface area contributed by atoms with Crippen molar-refractivity contribution in [1.29, 1.82) is 0 Å². The van der Waals surface area contributed by atoms with Crippen LogP contribution in [-0.2, 0) is 0 Å². The molecule has 2 nitrogen and oxygen atoms in total. The number of halogens is 1. The van der Waals surface area contributed by atoms with Crippen LogP contribution in [0.2, 0.25) is 5.02 Å². The summed E-state index contributed by atoms with van der Waals surface area (Å²) in [5.41, 5.74) is 1.38. The summed E-state index contributed by atoms with van der Waals surface area (Å²) in [4.78, 5) is 0. The highest BCUT2D eigenvalue weighted by Gasteiger charge is 2.23. The van der Waals surface area contributed by atoms with Crippen molar-refractivity contribution in [3.8, 4) is 5.75 Å². The van der Waals surface area contributed by atoms with Gasteiger partial charge in [-0.15, -0.1) is 0 Å². The van der Waals surface area contributed by atoms with Crippen LogP contribution in [0.15, 0.2) is 18.2 Å². The van der Waals surface area contributed by atoms with Crippen LogP contribution >= 0.6 is 11.6 Å². The largest absolute Gasteiger partial charge is 0.492 e. The minimum Gasteiger partial charge on any atom is -0.492 e. The maximum Gasteiger partial charge on any atom is 0.138 e. The molecule has 2 fully saturated rings. The van der Waals surface area contributed by atoms with E-state index in [0.29, 0.717) is 5.92 Å². The van der Waals surface area contributed by atoms with E-state index in [1.807, 2.05) is 6.07 Å². The van der Waals surface area contributed by atoms with E-state index in [9.17, 15) is 0 Å². The van der Waals surface area contributed by atoms with Crippen LogP contribution in [0.4, 0.5) is 0 Å². The van der Waals surface area contributed by atoms with Crippen molar-refractivity contribution in [3.63, 3.8) is 0 Å². The van der Waals surface area contributed by atoms with Crippen molar-refractivity contribution < 1.29 is 4.74 Å². The molecule has 0 atom stereocenters. The summed E-state index contributed by atoms with van der Waals surface area (Å²) in [7, 11) is 0. The van der Waals surface area contributed by atoms with Gasteiger partial charge in [0.15, 0.2) is 0 Å². The molecule has 98 valence electrons. The van der Waals surface area contributed by atoms with Gasteiger partial charge in [-0.2, -0.15) is 0 Å². The monoisotopic (exact) mass is 265 g/mol. The maximum absolute atomic E-state index is 6.20. The average molecular weight is 266 g/mol. The van der Waals surface area contributed by atoms with Gasteiger partial charge in [-0.3, -0.25) is 0 Å². The van der Waals surface area contributed by atoms with E-state index in [-0.39, 0.29) is 0 Å². The molecule has 1 saturated heterocycles. The first-order valence-electron chi connectivity index (χ1n) is 6.96. The molecule has 0 radical (unpaired) electrons. The highest BCUT2D eigenvalue weighted by atomic mass is 35.5. The Kier molecular flexibility index (Phi) is 3.76. The molecule has 1 heterocycles. The standard InChI is InChI=1S/C15H20ClNO/c16-14-4-3-13(12-5-7-17-8-6-12)9-15(14)18-10-11-1-2-11/h3-4,9,11-12,17H,1-2,5-8,10H2. The third kappa shape index (κ3) is 2.99. The van der Waals surface area contributed by atoms with Gasteiger partial charge in [0.2, 0.25) is 0 Å². The molecule has 1 aliphatic carbocycles. The first-order valence-corrected chi connectivity index (χ1v) is 7.33. The number of rotatable bonds is 4. The number of hydrogen-bond acceptors (Lipinski definition) is 2. The SMILES string of the molecule is Clc1ccc(C2CCNCC2)cc1OCC1CC1. The second kappa shape index (κ2) is 5.50. The third-order valence-corrected chi connectivity index (χ3v) is 4.25. The van der Waals surface area contributed by atoms with Gasteiger partial charge in [0.05, 0.1) is 11.6 Å². The van der Waals surface area contributed by atoms with Gasteiger partial charge >= 0.3 is 0 Å². The van der Waals surface area contributed by atoms with Gasteiger partial charge in [-0.25, -0.2) is 0 Å². The van der Waals surface area contributed by atoms with Crippen LogP contribution in [-0.4, -0.2) is 19.7 Å². The molecule has 0 unspecified atom stereocenters. The van der Waals surface area contributed by atoms with Gasteiger partial charge in [-0.05, 0) is 68.3 Å². The Morgan fingerprint density at radius 2 is 1.94 bits per heavy atom. The zero-order chi connectivity index (χ0) is 12.4. The highest BCUT2D eigenvalue weighted by Crippen LogP contribution is 2.34. The number of nitrogens with one attached hydrogen (secondary N) is 1. The topological polar surface area (TPSA) is 21.3 Å². The lowest BCUT2D eigenvalue weighted by molar-refractivity contribution is 0.299. The molecule has 0 amide bonds. The summed E-state index contributed by atoms with van der Waals surface area (Å²) >= 11 is 6.20. The lowest BCUT2D eigenvalue weighted by atomic mass is 9.90. The molecule has 1 aliphatic heterocycles. The van der Waals surface area contributed by atoms with E-state index < -0.39 is 0 Å².